The third-order valence-electron chi connectivity index (χ3n) is 4.24. The maximum Gasteiger partial charge on any atom is 0.309 e. The molecular formula is C18H18Cl2N2O3S. The van der Waals surface area contributed by atoms with Crippen LogP contribution in [0, 0.1) is 5.92 Å². The number of carbonyl (C=O) groups excluding carboxylic acids is 2. The second-order valence-corrected chi connectivity index (χ2v) is 7.84. The Balaban J connectivity index is 1.64. The first-order valence-corrected chi connectivity index (χ1v) is 9.94. The van der Waals surface area contributed by atoms with Crippen LogP contribution in [0.15, 0.2) is 28.1 Å². The third kappa shape index (κ3) is 4.42. The van der Waals surface area contributed by atoms with Crippen LogP contribution in [0.5, 0.6) is 0 Å². The number of carbonyl (C=O) groups is 2. The van der Waals surface area contributed by atoms with Crippen LogP contribution in [0.25, 0.3) is 6.08 Å². The molecule has 8 heteroatoms. The fourth-order valence-electron chi connectivity index (χ4n) is 2.86. The zero-order chi connectivity index (χ0) is 18.7. The molecule has 2 aliphatic heterocycles. The Morgan fingerprint density at radius 2 is 2.12 bits per heavy atom. The lowest BCUT2D eigenvalue weighted by atomic mass is 9.97. The first kappa shape index (κ1) is 19.3. The molecule has 1 aromatic carbocycles. The minimum atomic E-state index is -0.275. The molecule has 0 spiro atoms. The molecule has 2 aliphatic rings. The van der Waals surface area contributed by atoms with Crippen molar-refractivity contribution in [3.63, 3.8) is 0 Å². The number of hydrogen-bond donors (Lipinski definition) is 0. The van der Waals surface area contributed by atoms with E-state index in [2.05, 4.69) is 4.99 Å². The zero-order valence-electron chi connectivity index (χ0n) is 14.2. The van der Waals surface area contributed by atoms with Crippen LogP contribution in [-0.2, 0) is 14.3 Å². The average molecular weight is 413 g/mol. The number of benzene rings is 1. The van der Waals surface area contributed by atoms with Gasteiger partial charge in [0.05, 0.1) is 17.4 Å². The van der Waals surface area contributed by atoms with Gasteiger partial charge in [0, 0.05) is 23.1 Å². The number of esters is 1. The van der Waals surface area contributed by atoms with Gasteiger partial charge in [-0.1, -0.05) is 29.3 Å². The highest BCUT2D eigenvalue weighted by Gasteiger charge is 2.31. The summed E-state index contributed by atoms with van der Waals surface area (Å²) in [6, 6.07) is 5.14. The number of hydrogen-bond acceptors (Lipinski definition) is 5. The lowest BCUT2D eigenvalue weighted by Crippen LogP contribution is -2.39. The standard InChI is InChI=1S/C18H18Cl2N2O3S/c1-2-25-17(24)11-5-7-22(8-6-11)18-21-16(23)15(26-18)9-12-3-4-13(19)10-14(12)20/h3-4,9-11H,2,5-8H2,1H3. The molecule has 0 radical (unpaired) electrons. The van der Waals surface area contributed by atoms with Crippen molar-refractivity contribution >= 4 is 58.1 Å². The Morgan fingerprint density at radius 1 is 1.38 bits per heavy atom. The van der Waals surface area contributed by atoms with E-state index in [9.17, 15) is 9.59 Å². The van der Waals surface area contributed by atoms with E-state index in [1.54, 1.807) is 24.3 Å². The highest BCUT2D eigenvalue weighted by atomic mass is 35.5. The van der Waals surface area contributed by atoms with E-state index in [0.717, 1.165) is 5.56 Å². The summed E-state index contributed by atoms with van der Waals surface area (Å²) in [4.78, 5) is 30.8. The van der Waals surface area contributed by atoms with Crippen LogP contribution in [0.1, 0.15) is 25.3 Å². The van der Waals surface area contributed by atoms with Gasteiger partial charge < -0.3 is 9.64 Å². The van der Waals surface area contributed by atoms with E-state index in [1.165, 1.54) is 11.8 Å². The number of piperidine rings is 1. The van der Waals surface area contributed by atoms with Crippen LogP contribution in [-0.4, -0.2) is 41.6 Å². The molecule has 5 nitrogen and oxygen atoms in total. The zero-order valence-corrected chi connectivity index (χ0v) is 16.5. The molecule has 26 heavy (non-hydrogen) atoms. The van der Waals surface area contributed by atoms with Gasteiger partial charge in [-0.25, -0.2) is 0 Å². The van der Waals surface area contributed by atoms with Crippen molar-refractivity contribution in [1.29, 1.82) is 0 Å². The highest BCUT2D eigenvalue weighted by Crippen LogP contribution is 2.34. The molecule has 0 N–H and O–H groups in total. The van der Waals surface area contributed by atoms with Gasteiger partial charge in [0.1, 0.15) is 0 Å². The van der Waals surface area contributed by atoms with Crippen LogP contribution < -0.4 is 0 Å². The van der Waals surface area contributed by atoms with Crippen molar-refractivity contribution in [2.45, 2.75) is 19.8 Å². The predicted octanol–water partition coefficient (Wildman–Crippen LogP) is 4.24. The van der Waals surface area contributed by atoms with E-state index in [4.69, 9.17) is 27.9 Å². The van der Waals surface area contributed by atoms with E-state index < -0.39 is 0 Å². The maximum absolute atomic E-state index is 12.2. The molecule has 0 aliphatic carbocycles. The SMILES string of the molecule is CCOC(=O)C1CCN(C2=NC(=O)C(=Cc3ccc(Cl)cc3Cl)S2)CC1. The van der Waals surface area contributed by atoms with Crippen molar-refractivity contribution < 1.29 is 14.3 Å². The van der Waals surface area contributed by atoms with E-state index in [-0.39, 0.29) is 17.8 Å². The van der Waals surface area contributed by atoms with Gasteiger partial charge in [0.2, 0.25) is 0 Å². The number of rotatable bonds is 3. The maximum atomic E-state index is 12.2. The van der Waals surface area contributed by atoms with Gasteiger partial charge in [0.25, 0.3) is 5.91 Å². The topological polar surface area (TPSA) is 59.0 Å². The summed E-state index contributed by atoms with van der Waals surface area (Å²) in [5, 5.41) is 1.71. The van der Waals surface area contributed by atoms with Crippen molar-refractivity contribution in [1.82, 2.24) is 4.90 Å². The van der Waals surface area contributed by atoms with Crippen LogP contribution in [0.2, 0.25) is 10.0 Å². The lowest BCUT2D eigenvalue weighted by Gasteiger charge is -2.31. The average Bonchev–Trinajstić information content (AvgIpc) is 2.98. The number of likely N-dealkylation sites (tertiary alicyclic amines) is 1. The third-order valence-corrected chi connectivity index (χ3v) is 5.85. The van der Waals surface area contributed by atoms with Crippen molar-refractivity contribution in [3.8, 4) is 0 Å². The number of thioether (sulfide) groups is 1. The van der Waals surface area contributed by atoms with Crippen LogP contribution in [0.3, 0.4) is 0 Å². The van der Waals surface area contributed by atoms with E-state index >= 15 is 0 Å². The van der Waals surface area contributed by atoms with Gasteiger partial charge >= 0.3 is 5.97 Å². The van der Waals surface area contributed by atoms with Crippen LogP contribution in [0.4, 0.5) is 0 Å². The Hall–Kier alpha value is -1.50. The summed E-state index contributed by atoms with van der Waals surface area (Å²) < 4.78 is 5.08. The Kier molecular flexibility index (Phi) is 6.27. The summed E-state index contributed by atoms with van der Waals surface area (Å²) in [6.07, 6.45) is 3.14. The second kappa shape index (κ2) is 8.46. The molecule has 138 valence electrons. The number of aliphatic imine (C=N–C) groups is 1. The molecule has 1 amide bonds. The Morgan fingerprint density at radius 3 is 2.77 bits per heavy atom. The van der Waals surface area contributed by atoms with E-state index in [0.29, 0.717) is 52.7 Å². The monoisotopic (exact) mass is 412 g/mol. The minimum Gasteiger partial charge on any atom is -0.466 e. The Labute approximate surface area is 166 Å². The summed E-state index contributed by atoms with van der Waals surface area (Å²) >= 11 is 13.4. The van der Waals surface area contributed by atoms with Crippen molar-refractivity contribution in [3.05, 3.63) is 38.7 Å². The molecule has 0 unspecified atom stereocenters. The van der Waals surface area contributed by atoms with Gasteiger partial charge in [-0.3, -0.25) is 9.59 Å². The van der Waals surface area contributed by atoms with Gasteiger partial charge in [-0.05, 0) is 55.3 Å². The molecule has 0 bridgehead atoms. The Bertz CT molecular complexity index is 787. The van der Waals surface area contributed by atoms with Crippen molar-refractivity contribution in [2.24, 2.45) is 10.9 Å². The predicted molar refractivity (Wildman–Crippen MR) is 105 cm³/mol. The molecule has 0 aromatic heterocycles. The second-order valence-electron chi connectivity index (χ2n) is 5.99. The number of ether oxygens (including phenoxy) is 1. The van der Waals surface area contributed by atoms with Crippen LogP contribution >= 0.6 is 35.0 Å². The summed E-state index contributed by atoms with van der Waals surface area (Å²) in [6.45, 7) is 3.57. The van der Waals surface area contributed by atoms with E-state index in [1.807, 2.05) is 11.8 Å². The fraction of sp³-hybridized carbons (Fsp3) is 0.389. The summed E-state index contributed by atoms with van der Waals surface area (Å²) in [5.74, 6) is -0.484. The summed E-state index contributed by atoms with van der Waals surface area (Å²) in [5.41, 5.74) is 0.726. The first-order valence-electron chi connectivity index (χ1n) is 8.37. The molecule has 1 aromatic rings. The number of nitrogens with zero attached hydrogens (tertiary/aromatic N) is 2. The molecule has 3 rings (SSSR count). The molecule has 0 atom stereocenters. The summed E-state index contributed by atoms with van der Waals surface area (Å²) in [7, 11) is 0. The fourth-order valence-corrected chi connectivity index (χ4v) is 4.28. The van der Waals surface area contributed by atoms with Gasteiger partial charge in [-0.2, -0.15) is 4.99 Å². The number of amidine groups is 1. The molecule has 2 heterocycles. The highest BCUT2D eigenvalue weighted by molar-refractivity contribution is 8.18. The van der Waals surface area contributed by atoms with Gasteiger partial charge in [-0.15, -0.1) is 0 Å². The molecule has 1 fully saturated rings. The minimum absolute atomic E-state index is 0.0724. The quantitative estimate of drug-likeness (QED) is 0.548. The smallest absolute Gasteiger partial charge is 0.309 e. The largest absolute Gasteiger partial charge is 0.466 e. The lowest BCUT2D eigenvalue weighted by molar-refractivity contribution is -0.149. The normalized spacial score (nSPS) is 19.8. The number of halogens is 2. The first-order chi connectivity index (χ1) is 12.5. The van der Waals surface area contributed by atoms with Crippen molar-refractivity contribution in [2.75, 3.05) is 19.7 Å². The van der Waals surface area contributed by atoms with Gasteiger partial charge in [0.15, 0.2) is 5.17 Å². The molecule has 1 saturated heterocycles. The number of amides is 1. The molecule has 0 saturated carbocycles. The molecular weight excluding hydrogens is 395 g/mol.